The van der Waals surface area contributed by atoms with Crippen LogP contribution < -0.4 is 0 Å². The molecule has 0 spiro atoms. The van der Waals surface area contributed by atoms with Crippen LogP contribution in [0.5, 0.6) is 0 Å². The van der Waals surface area contributed by atoms with Gasteiger partial charge in [-0.15, -0.1) is 6.42 Å². The molecule has 0 bridgehead atoms. The van der Waals surface area contributed by atoms with Gasteiger partial charge in [-0.05, 0) is 24.7 Å². The molecule has 1 rings (SSSR count). The molecular formula is C9H13NO. The van der Waals surface area contributed by atoms with Crippen LogP contribution >= 0.6 is 0 Å². The van der Waals surface area contributed by atoms with Gasteiger partial charge in [0, 0.05) is 13.1 Å². The van der Waals surface area contributed by atoms with Crippen LogP contribution in [0.3, 0.4) is 0 Å². The van der Waals surface area contributed by atoms with Crippen LogP contribution in [0.2, 0.25) is 0 Å². The number of piperidine rings is 1. The zero-order valence-corrected chi connectivity index (χ0v) is 6.84. The van der Waals surface area contributed by atoms with Gasteiger partial charge in [0.15, 0.2) is 0 Å². The van der Waals surface area contributed by atoms with Crippen molar-refractivity contribution < 1.29 is 4.79 Å². The highest BCUT2D eigenvalue weighted by Gasteiger charge is 2.18. The second-order valence-electron chi connectivity index (χ2n) is 3.14. The third kappa shape index (κ3) is 1.98. The molecule has 1 amide bonds. The van der Waals surface area contributed by atoms with Crippen molar-refractivity contribution in [3.63, 3.8) is 0 Å². The maximum absolute atomic E-state index is 11.0. The van der Waals surface area contributed by atoms with Crippen LogP contribution in [-0.4, -0.2) is 23.9 Å². The van der Waals surface area contributed by atoms with Crippen LogP contribution in [0, 0.1) is 18.3 Å². The smallest absolute Gasteiger partial charge is 0.298 e. The Morgan fingerprint density at radius 3 is 3.00 bits per heavy atom. The monoisotopic (exact) mass is 151 g/mol. The first kappa shape index (κ1) is 8.13. The number of hydrogen-bond acceptors (Lipinski definition) is 1. The molecule has 11 heavy (non-hydrogen) atoms. The van der Waals surface area contributed by atoms with Crippen LogP contribution in [0.4, 0.5) is 0 Å². The zero-order chi connectivity index (χ0) is 8.27. The van der Waals surface area contributed by atoms with Crippen molar-refractivity contribution in [1.82, 2.24) is 4.90 Å². The third-order valence-corrected chi connectivity index (χ3v) is 2.07. The van der Waals surface area contributed by atoms with Crippen molar-refractivity contribution in [1.29, 1.82) is 0 Å². The fourth-order valence-electron chi connectivity index (χ4n) is 1.47. The van der Waals surface area contributed by atoms with Crippen molar-refractivity contribution in [3.05, 3.63) is 0 Å². The highest BCUT2D eigenvalue weighted by atomic mass is 16.2. The second-order valence-corrected chi connectivity index (χ2v) is 3.14. The summed E-state index contributed by atoms with van der Waals surface area (Å²) in [5.74, 6) is 2.60. The number of nitrogens with zero attached hydrogens (tertiary/aromatic N) is 1. The maximum atomic E-state index is 11.0. The molecule has 1 saturated heterocycles. The van der Waals surface area contributed by atoms with Gasteiger partial charge >= 0.3 is 0 Å². The summed E-state index contributed by atoms with van der Waals surface area (Å²) in [7, 11) is 0. The van der Waals surface area contributed by atoms with Gasteiger partial charge in [0.2, 0.25) is 0 Å². The van der Waals surface area contributed by atoms with E-state index in [1.165, 1.54) is 6.42 Å². The lowest BCUT2D eigenvalue weighted by Gasteiger charge is -2.29. The zero-order valence-electron chi connectivity index (χ0n) is 6.84. The Morgan fingerprint density at radius 2 is 2.45 bits per heavy atom. The lowest BCUT2D eigenvalue weighted by molar-refractivity contribution is -0.126. The van der Waals surface area contributed by atoms with Gasteiger partial charge in [-0.3, -0.25) is 4.79 Å². The molecule has 0 aromatic rings. The average Bonchev–Trinajstić information content (AvgIpc) is 2.03. The largest absolute Gasteiger partial charge is 0.332 e. The van der Waals surface area contributed by atoms with Gasteiger partial charge in [-0.2, -0.15) is 0 Å². The summed E-state index contributed by atoms with van der Waals surface area (Å²) >= 11 is 0. The van der Waals surface area contributed by atoms with Gasteiger partial charge in [-0.1, -0.05) is 6.92 Å². The SMILES string of the molecule is C#CC(=O)N1CCCC(C)C1. The van der Waals surface area contributed by atoms with E-state index in [1.807, 2.05) is 0 Å². The predicted molar refractivity (Wildman–Crippen MR) is 43.8 cm³/mol. The summed E-state index contributed by atoms with van der Waals surface area (Å²) < 4.78 is 0. The van der Waals surface area contributed by atoms with E-state index in [0.717, 1.165) is 19.5 Å². The summed E-state index contributed by atoms with van der Waals surface area (Å²) in [5, 5.41) is 0. The second kappa shape index (κ2) is 3.43. The summed E-state index contributed by atoms with van der Waals surface area (Å²) in [5.41, 5.74) is 0. The fourth-order valence-corrected chi connectivity index (χ4v) is 1.47. The molecular weight excluding hydrogens is 138 g/mol. The molecule has 1 atom stereocenters. The summed E-state index contributed by atoms with van der Waals surface area (Å²) in [6.45, 7) is 3.83. The minimum atomic E-state index is -0.156. The van der Waals surface area contributed by atoms with Crippen molar-refractivity contribution in [3.8, 4) is 12.3 Å². The number of hydrogen-bond donors (Lipinski definition) is 0. The van der Waals surface area contributed by atoms with Crippen molar-refractivity contribution in [2.75, 3.05) is 13.1 Å². The van der Waals surface area contributed by atoms with Gasteiger partial charge in [0.05, 0.1) is 0 Å². The molecule has 1 aliphatic rings. The van der Waals surface area contributed by atoms with E-state index in [1.54, 1.807) is 4.90 Å². The normalized spacial score (nSPS) is 24.4. The Bertz CT molecular complexity index is 192. The highest BCUT2D eigenvalue weighted by Crippen LogP contribution is 2.14. The van der Waals surface area contributed by atoms with Crippen LogP contribution in [0.1, 0.15) is 19.8 Å². The quantitative estimate of drug-likeness (QED) is 0.471. The van der Waals surface area contributed by atoms with Crippen LogP contribution in [0.25, 0.3) is 0 Å². The molecule has 0 aromatic carbocycles. The molecule has 1 unspecified atom stereocenters. The van der Waals surface area contributed by atoms with Gasteiger partial charge in [-0.25, -0.2) is 0 Å². The topological polar surface area (TPSA) is 20.3 Å². The predicted octanol–water partition coefficient (Wildman–Crippen LogP) is 0.878. The van der Waals surface area contributed by atoms with E-state index in [-0.39, 0.29) is 5.91 Å². The molecule has 0 radical (unpaired) electrons. The molecule has 0 aliphatic carbocycles. The lowest BCUT2D eigenvalue weighted by atomic mass is 10.0. The Hall–Kier alpha value is -0.970. The molecule has 2 heteroatoms. The number of rotatable bonds is 0. The Labute approximate surface area is 67.6 Å². The highest BCUT2D eigenvalue weighted by molar-refractivity contribution is 5.92. The summed E-state index contributed by atoms with van der Waals surface area (Å²) in [4.78, 5) is 12.8. The molecule has 1 heterocycles. The van der Waals surface area contributed by atoms with Crippen LogP contribution in [-0.2, 0) is 4.79 Å². The number of amides is 1. The first-order valence-electron chi connectivity index (χ1n) is 3.99. The fraction of sp³-hybridized carbons (Fsp3) is 0.667. The number of carbonyl (C=O) groups excluding carboxylic acids is 1. The van der Waals surface area contributed by atoms with Gasteiger partial charge < -0.3 is 4.90 Å². The summed E-state index contributed by atoms with van der Waals surface area (Å²) in [6, 6.07) is 0. The molecule has 1 fully saturated rings. The van der Waals surface area contributed by atoms with Crippen molar-refractivity contribution >= 4 is 5.91 Å². The van der Waals surface area contributed by atoms with E-state index < -0.39 is 0 Å². The van der Waals surface area contributed by atoms with Gasteiger partial charge in [0.1, 0.15) is 0 Å². The minimum Gasteiger partial charge on any atom is -0.332 e. The Kier molecular flexibility index (Phi) is 2.53. The third-order valence-electron chi connectivity index (χ3n) is 2.07. The molecule has 0 saturated carbocycles. The number of terminal acetylenes is 1. The van der Waals surface area contributed by atoms with E-state index >= 15 is 0 Å². The number of likely N-dealkylation sites (tertiary alicyclic amines) is 1. The summed E-state index contributed by atoms with van der Waals surface area (Å²) in [6.07, 6.45) is 7.32. The van der Waals surface area contributed by atoms with Crippen molar-refractivity contribution in [2.24, 2.45) is 5.92 Å². The minimum absolute atomic E-state index is 0.156. The Balaban J connectivity index is 2.47. The lowest BCUT2D eigenvalue weighted by Crippen LogP contribution is -2.38. The maximum Gasteiger partial charge on any atom is 0.298 e. The molecule has 2 nitrogen and oxygen atoms in total. The van der Waals surface area contributed by atoms with Crippen molar-refractivity contribution in [2.45, 2.75) is 19.8 Å². The first-order chi connectivity index (χ1) is 5.24. The van der Waals surface area contributed by atoms with E-state index in [0.29, 0.717) is 5.92 Å². The molecule has 60 valence electrons. The van der Waals surface area contributed by atoms with E-state index in [4.69, 9.17) is 6.42 Å². The average molecular weight is 151 g/mol. The Morgan fingerprint density at radius 1 is 1.73 bits per heavy atom. The standard InChI is InChI=1S/C9H13NO/c1-3-9(11)10-6-4-5-8(2)7-10/h1,8H,4-7H2,2H3. The first-order valence-corrected chi connectivity index (χ1v) is 3.99. The van der Waals surface area contributed by atoms with Crippen LogP contribution in [0.15, 0.2) is 0 Å². The van der Waals surface area contributed by atoms with E-state index in [9.17, 15) is 4.79 Å². The molecule has 1 aliphatic heterocycles. The molecule has 0 aromatic heterocycles. The number of carbonyl (C=O) groups is 1. The van der Waals surface area contributed by atoms with E-state index in [2.05, 4.69) is 12.8 Å². The van der Waals surface area contributed by atoms with Gasteiger partial charge in [0.25, 0.3) is 5.91 Å². The molecule has 0 N–H and O–H groups in total.